The fourth-order valence-electron chi connectivity index (χ4n) is 3.68. The van der Waals surface area contributed by atoms with Crippen LogP contribution in [-0.4, -0.2) is 30.1 Å². The van der Waals surface area contributed by atoms with E-state index in [0.29, 0.717) is 16.8 Å². The Morgan fingerprint density at radius 2 is 2.06 bits per heavy atom. The third-order valence-corrected chi connectivity index (χ3v) is 5.63. The molecule has 96 valence electrons. The van der Waals surface area contributed by atoms with Gasteiger partial charge in [0.05, 0.1) is 6.57 Å². The molecule has 1 aliphatic heterocycles. The van der Waals surface area contributed by atoms with Crippen LogP contribution in [0.25, 0.3) is 4.85 Å². The summed E-state index contributed by atoms with van der Waals surface area (Å²) in [7, 11) is 2.14. The Bertz CT molecular complexity index is 476. The molecule has 0 spiro atoms. The Balaban J connectivity index is 2.00. The van der Waals surface area contributed by atoms with Gasteiger partial charge in [0.15, 0.2) is 0 Å². The van der Waals surface area contributed by atoms with Crippen molar-refractivity contribution in [1.29, 1.82) is 0 Å². The standard InChI is InChI=1S/C14H18N2OS/c1-15-13-7-6-12(18-13)14(17)10-4-3-5-11(14)9-16(2)8-10/h6-7,10-11,17H,3-5,8-9H2,2H3. The molecule has 2 heterocycles. The summed E-state index contributed by atoms with van der Waals surface area (Å²) in [6.45, 7) is 9.01. The summed E-state index contributed by atoms with van der Waals surface area (Å²) in [5, 5.41) is 11.9. The molecule has 1 aromatic rings. The minimum absolute atomic E-state index is 0.326. The predicted octanol–water partition coefficient (Wildman–Crippen LogP) is 2.85. The highest BCUT2D eigenvalue weighted by molar-refractivity contribution is 7.16. The fourth-order valence-corrected chi connectivity index (χ4v) is 4.72. The highest BCUT2D eigenvalue weighted by Gasteiger charge is 2.51. The van der Waals surface area contributed by atoms with Crippen LogP contribution < -0.4 is 0 Å². The van der Waals surface area contributed by atoms with Crippen LogP contribution in [-0.2, 0) is 5.60 Å². The monoisotopic (exact) mass is 262 g/mol. The normalized spacial score (nSPS) is 36.3. The van der Waals surface area contributed by atoms with Crippen LogP contribution in [0.3, 0.4) is 0 Å². The number of hydrogen-bond donors (Lipinski definition) is 1. The van der Waals surface area contributed by atoms with Crippen molar-refractivity contribution >= 4 is 16.3 Å². The van der Waals surface area contributed by atoms with Crippen LogP contribution in [0, 0.1) is 18.4 Å². The Kier molecular flexibility index (Phi) is 2.93. The van der Waals surface area contributed by atoms with Gasteiger partial charge in [0, 0.05) is 29.8 Å². The molecule has 2 aliphatic rings. The summed E-state index contributed by atoms with van der Waals surface area (Å²) >= 11 is 1.47. The van der Waals surface area contributed by atoms with E-state index in [2.05, 4.69) is 16.8 Å². The molecular formula is C14H18N2OS. The summed E-state index contributed by atoms with van der Waals surface area (Å²) in [6.07, 6.45) is 3.43. The molecule has 3 rings (SSSR count). The van der Waals surface area contributed by atoms with Crippen LogP contribution in [0.5, 0.6) is 0 Å². The molecule has 0 aromatic carbocycles. The third kappa shape index (κ3) is 1.70. The van der Waals surface area contributed by atoms with Gasteiger partial charge in [-0.15, -0.1) is 0 Å². The summed E-state index contributed by atoms with van der Waals surface area (Å²) in [6, 6.07) is 3.81. The maximum atomic E-state index is 11.2. The molecule has 4 heteroatoms. The van der Waals surface area contributed by atoms with Gasteiger partial charge < -0.3 is 10.0 Å². The van der Waals surface area contributed by atoms with E-state index in [1.807, 2.05) is 12.1 Å². The second-order valence-corrected chi connectivity index (χ2v) is 6.68. The van der Waals surface area contributed by atoms with Gasteiger partial charge in [0.25, 0.3) is 0 Å². The van der Waals surface area contributed by atoms with Crippen LogP contribution in [0.1, 0.15) is 24.1 Å². The van der Waals surface area contributed by atoms with Crippen molar-refractivity contribution in [3.05, 3.63) is 28.4 Å². The van der Waals surface area contributed by atoms with E-state index >= 15 is 0 Å². The Morgan fingerprint density at radius 1 is 1.39 bits per heavy atom. The molecule has 0 radical (unpaired) electrons. The summed E-state index contributed by atoms with van der Waals surface area (Å²) in [4.78, 5) is 6.82. The lowest BCUT2D eigenvalue weighted by molar-refractivity contribution is -0.140. The molecule has 18 heavy (non-hydrogen) atoms. The van der Waals surface area contributed by atoms with E-state index in [9.17, 15) is 5.11 Å². The van der Waals surface area contributed by atoms with E-state index in [1.165, 1.54) is 17.8 Å². The quantitative estimate of drug-likeness (QED) is 0.788. The highest BCUT2D eigenvalue weighted by atomic mass is 32.1. The minimum atomic E-state index is -0.682. The molecular weight excluding hydrogens is 244 g/mol. The van der Waals surface area contributed by atoms with Crippen molar-refractivity contribution in [2.45, 2.75) is 24.9 Å². The molecule has 3 nitrogen and oxygen atoms in total. The van der Waals surface area contributed by atoms with E-state index < -0.39 is 5.60 Å². The molecule has 0 amide bonds. The second-order valence-electron chi connectivity index (χ2n) is 5.62. The number of nitrogens with zero attached hydrogens (tertiary/aromatic N) is 2. The van der Waals surface area contributed by atoms with Gasteiger partial charge in [-0.3, -0.25) is 0 Å². The summed E-state index contributed by atoms with van der Waals surface area (Å²) in [5.74, 6) is 0.652. The SMILES string of the molecule is [C-]#[N+]c1ccc(C2(O)C3CCCC2CN(C)C3)s1. The average molecular weight is 262 g/mol. The number of fused-ring (bicyclic) bond motifs is 2. The van der Waals surface area contributed by atoms with Gasteiger partial charge in [-0.1, -0.05) is 12.5 Å². The van der Waals surface area contributed by atoms with Crippen molar-refractivity contribution in [1.82, 2.24) is 4.90 Å². The third-order valence-electron chi connectivity index (χ3n) is 4.51. The topological polar surface area (TPSA) is 27.8 Å². The number of likely N-dealkylation sites (tertiary alicyclic amines) is 1. The average Bonchev–Trinajstić information content (AvgIpc) is 2.80. The number of rotatable bonds is 1. The summed E-state index contributed by atoms with van der Waals surface area (Å²) in [5.41, 5.74) is -0.682. The Labute approximate surface area is 112 Å². The highest BCUT2D eigenvalue weighted by Crippen LogP contribution is 2.51. The van der Waals surface area contributed by atoms with Crippen LogP contribution >= 0.6 is 11.3 Å². The van der Waals surface area contributed by atoms with Gasteiger partial charge in [-0.25, -0.2) is 4.85 Å². The minimum Gasteiger partial charge on any atom is -0.384 e. The zero-order valence-electron chi connectivity index (χ0n) is 10.6. The van der Waals surface area contributed by atoms with Crippen molar-refractivity contribution < 1.29 is 5.11 Å². The molecule has 2 atom stereocenters. The first-order valence-electron chi connectivity index (χ1n) is 6.53. The molecule has 1 saturated heterocycles. The van der Waals surface area contributed by atoms with Crippen molar-refractivity contribution in [3.8, 4) is 0 Å². The maximum absolute atomic E-state index is 11.2. The fraction of sp³-hybridized carbons (Fsp3) is 0.643. The lowest BCUT2D eigenvalue weighted by Gasteiger charge is -2.52. The van der Waals surface area contributed by atoms with Crippen LogP contribution in [0.4, 0.5) is 5.00 Å². The Morgan fingerprint density at radius 3 is 2.61 bits per heavy atom. The zero-order valence-corrected chi connectivity index (χ0v) is 11.4. The molecule has 2 unspecified atom stereocenters. The van der Waals surface area contributed by atoms with E-state index in [-0.39, 0.29) is 0 Å². The Hall–Kier alpha value is -0.890. The smallest absolute Gasteiger partial charge is 0.241 e. The largest absolute Gasteiger partial charge is 0.384 e. The van der Waals surface area contributed by atoms with Crippen LogP contribution in [0.2, 0.25) is 0 Å². The van der Waals surface area contributed by atoms with Gasteiger partial charge in [-0.05, 0) is 26.0 Å². The first-order valence-corrected chi connectivity index (χ1v) is 7.35. The van der Waals surface area contributed by atoms with Gasteiger partial charge >= 0.3 is 0 Å². The first kappa shape index (κ1) is 12.2. The molecule has 1 N–H and O–H groups in total. The zero-order chi connectivity index (χ0) is 12.8. The first-order chi connectivity index (χ1) is 8.64. The molecule has 1 aromatic heterocycles. The number of aliphatic hydroxyl groups is 1. The van der Waals surface area contributed by atoms with E-state index in [1.54, 1.807) is 0 Å². The predicted molar refractivity (Wildman–Crippen MR) is 72.8 cm³/mol. The van der Waals surface area contributed by atoms with Crippen LogP contribution in [0.15, 0.2) is 12.1 Å². The second kappa shape index (κ2) is 4.34. The molecule has 1 aliphatic carbocycles. The number of piperidine rings is 1. The van der Waals surface area contributed by atoms with Gasteiger partial charge in [0.1, 0.15) is 5.60 Å². The van der Waals surface area contributed by atoms with Crippen molar-refractivity contribution in [2.24, 2.45) is 11.8 Å². The van der Waals surface area contributed by atoms with Gasteiger partial charge in [-0.2, -0.15) is 11.3 Å². The number of hydrogen-bond acceptors (Lipinski definition) is 3. The van der Waals surface area contributed by atoms with E-state index in [4.69, 9.17) is 6.57 Å². The molecule has 2 fully saturated rings. The van der Waals surface area contributed by atoms with Crippen molar-refractivity contribution in [2.75, 3.05) is 20.1 Å². The molecule has 1 saturated carbocycles. The number of thiophene rings is 1. The lowest BCUT2D eigenvalue weighted by Crippen LogP contribution is -2.56. The van der Waals surface area contributed by atoms with Crippen molar-refractivity contribution in [3.63, 3.8) is 0 Å². The molecule has 2 bridgehead atoms. The lowest BCUT2D eigenvalue weighted by atomic mass is 9.65. The van der Waals surface area contributed by atoms with Gasteiger partial charge in [0.2, 0.25) is 5.00 Å². The van der Waals surface area contributed by atoms with E-state index in [0.717, 1.165) is 30.8 Å². The maximum Gasteiger partial charge on any atom is 0.241 e. The summed E-state index contributed by atoms with van der Waals surface area (Å²) < 4.78 is 0.